The first kappa shape index (κ1) is 19.7. The van der Waals surface area contributed by atoms with Gasteiger partial charge in [-0.05, 0) is 31.0 Å². The number of aliphatic imine (C=N–C) groups is 1. The largest absolute Gasteiger partial charge is 0.416 e. The highest BCUT2D eigenvalue weighted by Crippen LogP contribution is 2.29. The van der Waals surface area contributed by atoms with Gasteiger partial charge in [0, 0.05) is 33.6 Å². The summed E-state index contributed by atoms with van der Waals surface area (Å²) in [6.07, 6.45) is -2.87. The molecule has 0 aliphatic rings. The van der Waals surface area contributed by atoms with Gasteiger partial charge in [0.25, 0.3) is 0 Å². The maximum Gasteiger partial charge on any atom is 0.416 e. The first-order chi connectivity index (χ1) is 12.3. The number of halogens is 3. The lowest BCUT2D eigenvalue weighted by Gasteiger charge is -2.22. The first-order valence-corrected chi connectivity index (χ1v) is 8.16. The van der Waals surface area contributed by atoms with E-state index >= 15 is 0 Å². The van der Waals surface area contributed by atoms with Gasteiger partial charge in [0.1, 0.15) is 0 Å². The van der Waals surface area contributed by atoms with Crippen LogP contribution in [-0.2, 0) is 19.1 Å². The van der Waals surface area contributed by atoms with Gasteiger partial charge in [0.2, 0.25) is 5.89 Å². The van der Waals surface area contributed by atoms with Crippen molar-refractivity contribution in [2.24, 2.45) is 4.99 Å². The molecule has 0 aliphatic heterocycles. The summed E-state index contributed by atoms with van der Waals surface area (Å²) in [4.78, 5) is 10.2. The maximum absolute atomic E-state index is 12.6. The summed E-state index contributed by atoms with van der Waals surface area (Å²) in [7, 11) is 3.49. The van der Waals surface area contributed by atoms with Crippen LogP contribution < -0.4 is 5.32 Å². The molecule has 6 nitrogen and oxygen atoms in total. The molecule has 0 unspecified atom stereocenters. The number of alkyl halides is 3. The zero-order valence-electron chi connectivity index (χ0n) is 15.0. The van der Waals surface area contributed by atoms with Gasteiger partial charge in [0.15, 0.2) is 11.8 Å². The van der Waals surface area contributed by atoms with E-state index in [0.29, 0.717) is 37.2 Å². The number of nitrogens with one attached hydrogen (secondary N) is 1. The van der Waals surface area contributed by atoms with E-state index in [4.69, 9.17) is 4.52 Å². The molecule has 0 amide bonds. The van der Waals surface area contributed by atoms with E-state index in [9.17, 15) is 13.2 Å². The number of hydrogen-bond acceptors (Lipinski definition) is 4. The average Bonchev–Trinajstić information content (AvgIpc) is 3.00. The molecular weight excluding hydrogens is 347 g/mol. The molecule has 9 heteroatoms. The van der Waals surface area contributed by atoms with Crippen LogP contribution in [0.5, 0.6) is 0 Å². The van der Waals surface area contributed by atoms with E-state index < -0.39 is 11.7 Å². The van der Waals surface area contributed by atoms with Crippen molar-refractivity contribution < 1.29 is 17.7 Å². The second kappa shape index (κ2) is 8.68. The predicted octanol–water partition coefficient (Wildman–Crippen LogP) is 3.04. The van der Waals surface area contributed by atoms with Crippen LogP contribution in [0.25, 0.3) is 0 Å². The van der Waals surface area contributed by atoms with E-state index in [-0.39, 0.29) is 0 Å². The highest BCUT2D eigenvalue weighted by Gasteiger charge is 2.29. The van der Waals surface area contributed by atoms with Gasteiger partial charge in [-0.3, -0.25) is 4.99 Å². The van der Waals surface area contributed by atoms with Gasteiger partial charge in [-0.15, -0.1) is 0 Å². The number of nitrogens with zero attached hydrogens (tertiary/aromatic N) is 4. The van der Waals surface area contributed by atoms with E-state index in [1.807, 2.05) is 11.9 Å². The van der Waals surface area contributed by atoms with Crippen LogP contribution >= 0.6 is 0 Å². The summed E-state index contributed by atoms with van der Waals surface area (Å²) in [5, 5.41) is 6.94. The lowest BCUT2D eigenvalue weighted by molar-refractivity contribution is -0.137. The molecule has 0 spiro atoms. The average molecular weight is 369 g/mol. The smallest absolute Gasteiger partial charge is 0.356 e. The van der Waals surface area contributed by atoms with Crippen molar-refractivity contribution in [3.63, 3.8) is 0 Å². The van der Waals surface area contributed by atoms with E-state index in [1.165, 1.54) is 12.1 Å². The molecule has 1 aromatic carbocycles. The Balaban J connectivity index is 1.81. The fourth-order valence-corrected chi connectivity index (χ4v) is 2.41. The van der Waals surface area contributed by atoms with Crippen molar-refractivity contribution in [3.05, 3.63) is 47.1 Å². The third-order valence-corrected chi connectivity index (χ3v) is 3.69. The zero-order chi connectivity index (χ0) is 19.2. The van der Waals surface area contributed by atoms with Crippen LogP contribution in [0.1, 0.15) is 29.3 Å². The van der Waals surface area contributed by atoms with Crippen molar-refractivity contribution in [2.75, 3.05) is 20.6 Å². The minimum absolute atomic E-state index is 0.445. The van der Waals surface area contributed by atoms with Gasteiger partial charge >= 0.3 is 6.18 Å². The van der Waals surface area contributed by atoms with Gasteiger partial charge in [-0.2, -0.15) is 18.2 Å². The number of hydrogen-bond donors (Lipinski definition) is 1. The molecule has 1 heterocycles. The standard InChI is InChI=1S/C17H22F3N5O/c1-12-23-15(26-24-12)5-4-10-22-16(21-2)25(3)11-13-6-8-14(9-7-13)17(18,19)20/h6-9H,4-5,10-11H2,1-3H3,(H,21,22). The van der Waals surface area contributed by atoms with E-state index in [1.54, 1.807) is 14.0 Å². The number of aryl methyl sites for hydroxylation is 2. The number of rotatable bonds is 6. The summed E-state index contributed by atoms with van der Waals surface area (Å²) in [5.74, 6) is 1.86. The molecule has 0 atom stereocenters. The third kappa shape index (κ3) is 5.75. The van der Waals surface area contributed by atoms with E-state index in [2.05, 4.69) is 20.4 Å². The monoisotopic (exact) mass is 369 g/mol. The first-order valence-electron chi connectivity index (χ1n) is 8.16. The molecule has 1 N–H and O–H groups in total. The minimum Gasteiger partial charge on any atom is -0.356 e. The fraction of sp³-hybridized carbons (Fsp3) is 0.471. The fourth-order valence-electron chi connectivity index (χ4n) is 2.41. The molecule has 0 bridgehead atoms. The highest BCUT2D eigenvalue weighted by molar-refractivity contribution is 5.79. The summed E-state index contributed by atoms with van der Waals surface area (Å²) in [6.45, 7) is 2.87. The second-order valence-electron chi connectivity index (χ2n) is 5.86. The van der Waals surface area contributed by atoms with Crippen molar-refractivity contribution in [3.8, 4) is 0 Å². The quantitative estimate of drug-likeness (QED) is 0.482. The Kier molecular flexibility index (Phi) is 6.59. The Morgan fingerprint density at radius 3 is 2.50 bits per heavy atom. The molecule has 1 aromatic heterocycles. The SMILES string of the molecule is CN=C(NCCCc1nc(C)no1)N(C)Cc1ccc(C(F)(F)F)cc1. The topological polar surface area (TPSA) is 66.5 Å². The summed E-state index contributed by atoms with van der Waals surface area (Å²) in [6, 6.07) is 5.13. The zero-order valence-corrected chi connectivity index (χ0v) is 15.0. The Labute approximate surface area is 150 Å². The number of guanidine groups is 1. The molecular formula is C17H22F3N5O. The highest BCUT2D eigenvalue weighted by atomic mass is 19.4. The molecule has 0 radical (unpaired) electrons. The summed E-state index contributed by atoms with van der Waals surface area (Å²) < 4.78 is 42.9. The number of aromatic nitrogens is 2. The van der Waals surface area contributed by atoms with Gasteiger partial charge < -0.3 is 14.7 Å². The third-order valence-electron chi connectivity index (χ3n) is 3.69. The predicted molar refractivity (Wildman–Crippen MR) is 91.6 cm³/mol. The lowest BCUT2D eigenvalue weighted by Crippen LogP contribution is -2.39. The van der Waals surface area contributed by atoms with Gasteiger partial charge in [-0.1, -0.05) is 17.3 Å². The van der Waals surface area contributed by atoms with Crippen molar-refractivity contribution in [1.29, 1.82) is 0 Å². The molecule has 0 saturated carbocycles. The number of benzene rings is 1. The van der Waals surface area contributed by atoms with Crippen LogP contribution in [0.2, 0.25) is 0 Å². The molecule has 0 saturated heterocycles. The Hall–Kier alpha value is -2.58. The second-order valence-corrected chi connectivity index (χ2v) is 5.86. The Morgan fingerprint density at radius 2 is 1.96 bits per heavy atom. The Morgan fingerprint density at radius 1 is 1.27 bits per heavy atom. The van der Waals surface area contributed by atoms with Crippen LogP contribution in [0.3, 0.4) is 0 Å². The molecule has 0 fully saturated rings. The summed E-state index contributed by atoms with van der Waals surface area (Å²) in [5.41, 5.74) is 0.118. The molecule has 26 heavy (non-hydrogen) atoms. The van der Waals surface area contributed by atoms with Crippen molar-refractivity contribution in [1.82, 2.24) is 20.4 Å². The molecule has 142 valence electrons. The van der Waals surface area contributed by atoms with Crippen molar-refractivity contribution >= 4 is 5.96 Å². The maximum atomic E-state index is 12.6. The van der Waals surface area contributed by atoms with Crippen LogP contribution in [0.4, 0.5) is 13.2 Å². The summed E-state index contributed by atoms with van der Waals surface area (Å²) >= 11 is 0. The lowest BCUT2D eigenvalue weighted by atomic mass is 10.1. The molecule has 2 aromatic rings. The van der Waals surface area contributed by atoms with Crippen LogP contribution in [0, 0.1) is 6.92 Å². The van der Waals surface area contributed by atoms with Gasteiger partial charge in [0.05, 0.1) is 5.56 Å². The van der Waals surface area contributed by atoms with E-state index in [0.717, 1.165) is 24.1 Å². The molecule has 0 aliphatic carbocycles. The normalized spacial score (nSPS) is 12.3. The minimum atomic E-state index is -4.32. The Bertz CT molecular complexity index is 725. The van der Waals surface area contributed by atoms with Crippen molar-refractivity contribution in [2.45, 2.75) is 32.5 Å². The molecule has 2 rings (SSSR count). The van der Waals surface area contributed by atoms with Gasteiger partial charge in [-0.25, -0.2) is 0 Å². The van der Waals surface area contributed by atoms with Crippen LogP contribution in [0.15, 0.2) is 33.8 Å². The van der Waals surface area contributed by atoms with Crippen LogP contribution in [-0.4, -0.2) is 41.6 Å².